The van der Waals surface area contributed by atoms with Crippen LogP contribution in [0.25, 0.3) is 88.1 Å². The number of hydrogen-bond donors (Lipinski definition) is 0. The van der Waals surface area contributed by atoms with Crippen molar-refractivity contribution < 1.29 is 0 Å². The van der Waals surface area contributed by atoms with Crippen LogP contribution in [-0.2, 0) is 0 Å². The Hall–Kier alpha value is -6.12. The number of aryl methyl sites for hydroxylation is 2. The van der Waals surface area contributed by atoms with Crippen molar-refractivity contribution in [2.24, 2.45) is 0 Å². The van der Waals surface area contributed by atoms with Crippen LogP contribution in [0.5, 0.6) is 0 Å². The SMILES string of the molecule is Cc1ccc2ccc3ccc(-c4ccc(-c5cccc(-c6ccc(-c7ccc8ccc9ccc(C)cc9c8n7)cc6)c5)cc4)nc3c2c1. The summed E-state index contributed by atoms with van der Waals surface area (Å²) in [5.41, 5.74) is 13.5. The van der Waals surface area contributed by atoms with Gasteiger partial charge in [-0.25, -0.2) is 9.97 Å². The Morgan fingerprint density at radius 3 is 1.15 bits per heavy atom. The van der Waals surface area contributed by atoms with Crippen molar-refractivity contribution in [1.82, 2.24) is 9.97 Å². The molecule has 0 unspecified atom stereocenters. The number of rotatable bonds is 4. The highest BCUT2D eigenvalue weighted by molar-refractivity contribution is 6.07. The molecule has 0 N–H and O–H groups in total. The van der Waals surface area contributed by atoms with Crippen molar-refractivity contribution in [3.63, 3.8) is 0 Å². The number of pyridine rings is 2. The van der Waals surface area contributed by atoms with Crippen LogP contribution >= 0.6 is 0 Å². The van der Waals surface area contributed by atoms with Crippen molar-refractivity contribution in [3.8, 4) is 44.8 Å². The molecule has 0 atom stereocenters. The molecule has 0 radical (unpaired) electrons. The molecule has 2 aromatic heterocycles. The van der Waals surface area contributed by atoms with E-state index in [-0.39, 0.29) is 0 Å². The maximum atomic E-state index is 5.13. The quantitative estimate of drug-likeness (QED) is 0.185. The third-order valence-electron chi connectivity index (χ3n) is 9.56. The Balaban J connectivity index is 0.998. The molecule has 0 amide bonds. The second kappa shape index (κ2) is 11.3. The molecular weight excluding hydrogens is 581 g/mol. The fraction of sp³-hybridized carbons (Fsp3) is 0.0435. The van der Waals surface area contributed by atoms with Crippen LogP contribution in [0.1, 0.15) is 11.1 Å². The lowest BCUT2D eigenvalue weighted by Gasteiger charge is -2.10. The van der Waals surface area contributed by atoms with Gasteiger partial charge in [0.2, 0.25) is 0 Å². The second-order valence-electron chi connectivity index (χ2n) is 12.9. The Morgan fingerprint density at radius 1 is 0.312 bits per heavy atom. The van der Waals surface area contributed by atoms with E-state index in [2.05, 4.69) is 172 Å². The van der Waals surface area contributed by atoms with Gasteiger partial charge in [-0.05, 0) is 77.2 Å². The van der Waals surface area contributed by atoms with Gasteiger partial charge in [-0.3, -0.25) is 0 Å². The van der Waals surface area contributed by atoms with Crippen LogP contribution < -0.4 is 0 Å². The Kier molecular flexibility index (Phi) is 6.62. The van der Waals surface area contributed by atoms with Gasteiger partial charge in [0.05, 0.1) is 22.4 Å². The Labute approximate surface area is 280 Å². The fourth-order valence-corrected chi connectivity index (χ4v) is 6.91. The molecule has 0 bridgehead atoms. The van der Waals surface area contributed by atoms with E-state index in [0.717, 1.165) is 44.3 Å². The molecular formula is C46H32N2. The minimum atomic E-state index is 0.987. The maximum Gasteiger partial charge on any atom is 0.0787 e. The summed E-state index contributed by atoms with van der Waals surface area (Å²) < 4.78 is 0. The van der Waals surface area contributed by atoms with Crippen molar-refractivity contribution >= 4 is 43.4 Å². The molecule has 7 aromatic carbocycles. The summed E-state index contributed by atoms with van der Waals surface area (Å²) in [7, 11) is 0. The molecule has 2 heteroatoms. The first-order chi connectivity index (χ1) is 23.6. The summed E-state index contributed by atoms with van der Waals surface area (Å²) in [6.45, 7) is 4.27. The van der Waals surface area contributed by atoms with Gasteiger partial charge in [0, 0.05) is 32.7 Å². The number of benzene rings is 7. The van der Waals surface area contributed by atoms with E-state index in [0.29, 0.717) is 0 Å². The molecule has 0 fully saturated rings. The van der Waals surface area contributed by atoms with E-state index in [4.69, 9.17) is 9.97 Å². The molecule has 2 heterocycles. The molecule has 0 saturated carbocycles. The Bertz CT molecular complexity index is 2480. The van der Waals surface area contributed by atoms with E-state index in [1.807, 2.05) is 0 Å². The molecule has 9 rings (SSSR count). The van der Waals surface area contributed by atoms with E-state index in [1.54, 1.807) is 0 Å². The van der Waals surface area contributed by atoms with Crippen LogP contribution in [0.2, 0.25) is 0 Å². The predicted octanol–water partition coefficient (Wildman–Crippen LogP) is 12.4. The molecule has 0 saturated heterocycles. The van der Waals surface area contributed by atoms with Gasteiger partial charge in [0.1, 0.15) is 0 Å². The third-order valence-corrected chi connectivity index (χ3v) is 9.56. The van der Waals surface area contributed by atoms with Gasteiger partial charge in [-0.2, -0.15) is 0 Å². The monoisotopic (exact) mass is 612 g/mol. The van der Waals surface area contributed by atoms with Gasteiger partial charge < -0.3 is 0 Å². The first kappa shape index (κ1) is 28.1. The van der Waals surface area contributed by atoms with Gasteiger partial charge in [-0.15, -0.1) is 0 Å². The predicted molar refractivity (Wildman–Crippen MR) is 203 cm³/mol. The summed E-state index contributed by atoms with van der Waals surface area (Å²) >= 11 is 0. The summed E-state index contributed by atoms with van der Waals surface area (Å²) in [5.74, 6) is 0. The first-order valence-electron chi connectivity index (χ1n) is 16.5. The molecule has 0 aliphatic carbocycles. The van der Waals surface area contributed by atoms with Crippen molar-refractivity contribution in [2.75, 3.05) is 0 Å². The zero-order valence-electron chi connectivity index (χ0n) is 26.9. The molecule has 9 aromatic rings. The highest BCUT2D eigenvalue weighted by atomic mass is 14.7. The normalized spacial score (nSPS) is 11.5. The standard InChI is InChI=1S/C46H32N2/c1-29-6-8-33-14-20-37-22-24-43(47-45(37)41(33)26-29)35-16-10-31(11-17-35)39-4-3-5-40(28-39)32-12-18-36(19-13-32)44-25-23-38-21-15-34-9-7-30(2)27-42(34)46(38)48-44/h3-28H,1-2H3. The number of aromatic nitrogens is 2. The van der Waals surface area contributed by atoms with Gasteiger partial charge in [-0.1, -0.05) is 139 Å². The third kappa shape index (κ3) is 4.99. The van der Waals surface area contributed by atoms with Crippen LogP contribution in [0.4, 0.5) is 0 Å². The van der Waals surface area contributed by atoms with Gasteiger partial charge in [0.15, 0.2) is 0 Å². The van der Waals surface area contributed by atoms with Gasteiger partial charge in [0.25, 0.3) is 0 Å². The largest absolute Gasteiger partial charge is 0.247 e. The number of hydrogen-bond acceptors (Lipinski definition) is 2. The lowest BCUT2D eigenvalue weighted by atomic mass is 9.97. The highest BCUT2D eigenvalue weighted by Gasteiger charge is 2.09. The van der Waals surface area contributed by atoms with Crippen molar-refractivity contribution in [3.05, 3.63) is 169 Å². The molecule has 0 aliphatic heterocycles. The fourth-order valence-electron chi connectivity index (χ4n) is 6.91. The van der Waals surface area contributed by atoms with E-state index in [1.165, 1.54) is 54.9 Å². The van der Waals surface area contributed by atoms with Crippen LogP contribution in [0, 0.1) is 13.8 Å². The lowest BCUT2D eigenvalue weighted by molar-refractivity contribution is 1.40. The topological polar surface area (TPSA) is 25.8 Å². The molecule has 2 nitrogen and oxygen atoms in total. The summed E-state index contributed by atoms with van der Waals surface area (Å²) in [6, 6.07) is 56.8. The van der Waals surface area contributed by atoms with Crippen LogP contribution in [-0.4, -0.2) is 9.97 Å². The zero-order valence-corrected chi connectivity index (χ0v) is 26.9. The molecule has 0 aliphatic rings. The van der Waals surface area contributed by atoms with Crippen molar-refractivity contribution in [1.29, 1.82) is 0 Å². The minimum Gasteiger partial charge on any atom is -0.247 e. The van der Waals surface area contributed by atoms with E-state index < -0.39 is 0 Å². The van der Waals surface area contributed by atoms with Gasteiger partial charge >= 0.3 is 0 Å². The molecule has 48 heavy (non-hydrogen) atoms. The molecule has 0 spiro atoms. The van der Waals surface area contributed by atoms with E-state index >= 15 is 0 Å². The maximum absolute atomic E-state index is 5.13. The summed E-state index contributed by atoms with van der Waals surface area (Å²) in [4.78, 5) is 10.3. The highest BCUT2D eigenvalue weighted by Crippen LogP contribution is 2.33. The zero-order chi connectivity index (χ0) is 32.2. The number of nitrogens with zero attached hydrogens (tertiary/aromatic N) is 2. The average molecular weight is 613 g/mol. The summed E-state index contributed by atoms with van der Waals surface area (Å²) in [5, 5.41) is 7.17. The van der Waals surface area contributed by atoms with Crippen LogP contribution in [0.3, 0.4) is 0 Å². The minimum absolute atomic E-state index is 0.987. The smallest absolute Gasteiger partial charge is 0.0787 e. The number of fused-ring (bicyclic) bond motifs is 6. The second-order valence-corrected chi connectivity index (χ2v) is 12.9. The van der Waals surface area contributed by atoms with E-state index in [9.17, 15) is 0 Å². The average Bonchev–Trinajstić information content (AvgIpc) is 3.14. The summed E-state index contributed by atoms with van der Waals surface area (Å²) in [6.07, 6.45) is 0. The first-order valence-corrected chi connectivity index (χ1v) is 16.5. The Morgan fingerprint density at radius 2 is 0.688 bits per heavy atom. The van der Waals surface area contributed by atoms with Crippen LogP contribution in [0.15, 0.2) is 158 Å². The lowest BCUT2D eigenvalue weighted by Crippen LogP contribution is -1.88. The van der Waals surface area contributed by atoms with Crippen molar-refractivity contribution in [2.45, 2.75) is 13.8 Å². The molecule has 226 valence electrons.